The van der Waals surface area contributed by atoms with Crippen molar-refractivity contribution in [1.29, 1.82) is 0 Å². The summed E-state index contributed by atoms with van der Waals surface area (Å²) in [5, 5.41) is 0. The largest absolute Gasteiger partial charge is 0.207 e. The maximum absolute atomic E-state index is 14.6. The van der Waals surface area contributed by atoms with Gasteiger partial charge in [-0.1, -0.05) is 25.3 Å². The van der Waals surface area contributed by atoms with Gasteiger partial charge in [-0.2, -0.15) is 6.82 Å². The summed E-state index contributed by atoms with van der Waals surface area (Å²) < 4.78 is 212. The Hall–Kier alpha value is -3.10. The molecule has 0 bridgehead atoms. The predicted molar refractivity (Wildman–Crippen MR) is 153 cm³/mol. The van der Waals surface area contributed by atoms with Gasteiger partial charge < -0.3 is 0 Å². The summed E-state index contributed by atoms with van der Waals surface area (Å²) in [7, 11) is 0. The third-order valence-electron chi connectivity index (χ3n) is 6.74. The summed E-state index contributed by atoms with van der Waals surface area (Å²) in [5.74, 6) is -45.1. The molecule has 0 aromatic heterocycles. The molecule has 2 aliphatic rings. The van der Waals surface area contributed by atoms with Gasteiger partial charge in [-0.15, -0.1) is 16.4 Å². The van der Waals surface area contributed by atoms with Crippen molar-refractivity contribution in [2.45, 2.75) is 6.82 Å². The summed E-state index contributed by atoms with van der Waals surface area (Å²) in [6.45, 7) is 6.51. The molecule has 0 unspecified atom stereocenters. The Morgan fingerprint density at radius 2 is 0.440 bits per heavy atom. The van der Waals surface area contributed by atoms with Crippen LogP contribution in [0.3, 0.4) is 0 Å². The molecule has 0 amide bonds. The Morgan fingerprint density at radius 3 is 0.560 bits per heavy atom. The molecule has 3 aromatic carbocycles. The van der Waals surface area contributed by atoms with Crippen LogP contribution in [0.15, 0.2) is 25.3 Å². The molecule has 0 atom stereocenters. The third kappa shape index (κ3) is 9.03. The molecule has 0 spiro atoms. The standard InChI is InChI=1S/C19H3BF15.2C5H5.C4H6.Ta/c1-20(2-5(21)11(27)17(33)12(28)6(2)22,3-7(23)13(29)18(34)14(30)8(3)24)4-9(25)15(31)19(35)16(32)10(4)26;2*1-2-4-5-3-1;1-3-4-2;/h1H3;2*1-5H;3-4H,1-2H2;/q-1;;;;. The van der Waals surface area contributed by atoms with Crippen LogP contribution in [-0.4, -0.2) is 6.15 Å². The minimum atomic E-state index is -5.41. The molecular weight excluding hydrogens is 873 g/mol. The average Bonchev–Trinajstić information content (AvgIpc) is 3.87. The number of hydrogen-bond donors (Lipinski definition) is 0. The van der Waals surface area contributed by atoms with Crippen LogP contribution in [-0.2, 0) is 22.4 Å². The zero-order valence-electron chi connectivity index (χ0n) is 25.0. The molecule has 0 heterocycles. The van der Waals surface area contributed by atoms with Crippen molar-refractivity contribution in [1.82, 2.24) is 0 Å². The van der Waals surface area contributed by atoms with E-state index in [0.29, 0.717) is 0 Å². The Labute approximate surface area is 293 Å². The summed E-state index contributed by atoms with van der Waals surface area (Å²) in [5.41, 5.74) is -7.89. The van der Waals surface area contributed by atoms with E-state index in [1.807, 2.05) is 64.2 Å². The quantitative estimate of drug-likeness (QED) is 0.0815. The maximum Gasteiger partial charge on any atom is 0.200 e. The average molecular weight is 892 g/mol. The zero-order chi connectivity index (χ0) is 37.4. The van der Waals surface area contributed by atoms with Gasteiger partial charge in [-0.05, 0) is 64.2 Å². The summed E-state index contributed by atoms with van der Waals surface area (Å²) >= 11 is 0. The molecule has 2 aliphatic carbocycles. The fourth-order valence-corrected chi connectivity index (χ4v) is 4.46. The summed E-state index contributed by atoms with van der Waals surface area (Å²) in [4.78, 5) is 0. The van der Waals surface area contributed by atoms with Crippen molar-refractivity contribution < 1.29 is 88.2 Å². The number of rotatable bonds is 4. The summed E-state index contributed by atoms with van der Waals surface area (Å²) in [6.07, 6.45) is 17.9. The Bertz CT molecular complexity index is 1400. The van der Waals surface area contributed by atoms with Crippen LogP contribution < -0.4 is 16.4 Å². The van der Waals surface area contributed by atoms with E-state index in [9.17, 15) is 65.9 Å². The van der Waals surface area contributed by atoms with Crippen LogP contribution in [0.2, 0.25) is 6.82 Å². The second-order valence-corrected chi connectivity index (χ2v) is 9.65. The van der Waals surface area contributed by atoms with Crippen molar-refractivity contribution in [3.05, 3.63) is 177 Å². The van der Waals surface area contributed by atoms with Gasteiger partial charge in [0.1, 0.15) is 41.0 Å². The first kappa shape index (κ1) is 44.9. The molecule has 17 heteroatoms. The maximum atomic E-state index is 14.6. The van der Waals surface area contributed by atoms with Gasteiger partial charge in [0, 0.05) is 22.4 Å². The van der Waals surface area contributed by atoms with E-state index in [0.717, 1.165) is 0 Å². The minimum Gasteiger partial charge on any atom is -0.207 e. The third-order valence-corrected chi connectivity index (χ3v) is 6.74. The van der Waals surface area contributed by atoms with Crippen molar-refractivity contribution in [2.24, 2.45) is 0 Å². The van der Waals surface area contributed by atoms with E-state index in [1.54, 1.807) is 12.2 Å². The van der Waals surface area contributed by atoms with Gasteiger partial charge >= 0.3 is 0 Å². The molecular formula is C33H19BF15Ta-. The molecule has 2 saturated carbocycles. The van der Waals surface area contributed by atoms with E-state index < -0.39 is 110 Å². The van der Waals surface area contributed by atoms with Gasteiger partial charge in [0.25, 0.3) is 0 Å². The molecule has 0 aliphatic heterocycles. The normalized spacial score (nSPS) is 13.6. The topological polar surface area (TPSA) is 0 Å². The first-order chi connectivity index (χ1) is 22.9. The molecule has 11 radical (unpaired) electrons. The number of benzene rings is 3. The van der Waals surface area contributed by atoms with Crippen LogP contribution in [0, 0.1) is 151 Å². The van der Waals surface area contributed by atoms with Crippen LogP contribution >= 0.6 is 0 Å². The first-order valence-corrected chi connectivity index (χ1v) is 13.3. The molecule has 0 nitrogen and oxygen atoms in total. The molecule has 3 aromatic rings. The molecule has 5 rings (SSSR count). The number of hydrogen-bond acceptors (Lipinski definition) is 0. The second-order valence-electron chi connectivity index (χ2n) is 9.65. The van der Waals surface area contributed by atoms with Gasteiger partial charge in [0.15, 0.2) is 52.4 Å². The van der Waals surface area contributed by atoms with Crippen molar-refractivity contribution >= 4 is 22.5 Å². The SMILES string of the molecule is C=CC=C.C[B-](c1c(F)c(F)c(F)c(F)c1F)(c1c(F)c(F)c(F)c(F)c1F)c1c(F)c(F)c(F)c(F)c1F.[CH]1[CH][CH][CH][CH]1.[CH]1[CH][CH][CH][CH]1.[Ta]. The first-order valence-electron chi connectivity index (χ1n) is 13.3. The fourth-order valence-electron chi connectivity index (χ4n) is 4.46. The van der Waals surface area contributed by atoms with Crippen molar-refractivity contribution in [3.63, 3.8) is 0 Å². The van der Waals surface area contributed by atoms with E-state index >= 15 is 0 Å². The van der Waals surface area contributed by atoms with Crippen LogP contribution in [0.25, 0.3) is 0 Å². The molecule has 2 fully saturated rings. The van der Waals surface area contributed by atoms with E-state index in [4.69, 9.17) is 0 Å². The van der Waals surface area contributed by atoms with Crippen LogP contribution in [0.4, 0.5) is 65.9 Å². The Kier molecular flexibility index (Phi) is 17.5. The molecule has 265 valence electrons. The van der Waals surface area contributed by atoms with E-state index in [-0.39, 0.29) is 29.2 Å². The number of allylic oxidation sites excluding steroid dienone is 2. The van der Waals surface area contributed by atoms with Crippen LogP contribution in [0.1, 0.15) is 0 Å². The van der Waals surface area contributed by atoms with Crippen molar-refractivity contribution in [3.8, 4) is 0 Å². The smallest absolute Gasteiger partial charge is 0.200 e. The zero-order valence-corrected chi connectivity index (χ0v) is 28.2. The molecule has 50 heavy (non-hydrogen) atoms. The van der Waals surface area contributed by atoms with Crippen molar-refractivity contribution in [2.75, 3.05) is 0 Å². The number of halogens is 15. The second kappa shape index (κ2) is 19.5. The van der Waals surface area contributed by atoms with Gasteiger partial charge in [-0.3, -0.25) is 0 Å². The van der Waals surface area contributed by atoms with Crippen LogP contribution in [0.5, 0.6) is 0 Å². The minimum absolute atomic E-state index is 0. The van der Waals surface area contributed by atoms with E-state index in [2.05, 4.69) is 13.2 Å². The molecule has 0 N–H and O–H groups in total. The van der Waals surface area contributed by atoms with Gasteiger partial charge in [0.2, 0.25) is 0 Å². The monoisotopic (exact) mass is 892 g/mol. The van der Waals surface area contributed by atoms with E-state index in [1.165, 1.54) is 0 Å². The Balaban J connectivity index is 0.000000689. The summed E-state index contributed by atoms with van der Waals surface area (Å²) in [6, 6.07) is 0. The van der Waals surface area contributed by atoms with Gasteiger partial charge in [-0.25, -0.2) is 65.9 Å². The van der Waals surface area contributed by atoms with Gasteiger partial charge in [0.05, 0.1) is 0 Å². The Morgan fingerprint density at radius 1 is 0.320 bits per heavy atom. The fraction of sp³-hybridized carbons (Fsp3) is 0.0303. The predicted octanol–water partition coefficient (Wildman–Crippen LogP) is 8.27. The molecule has 0 saturated heterocycles.